The Morgan fingerprint density at radius 3 is 2.34 bits per heavy atom. The number of methoxy groups -OCH3 is 1. The molecule has 198 valence electrons. The summed E-state index contributed by atoms with van der Waals surface area (Å²) in [4.78, 5) is 56.7. The van der Waals surface area contributed by atoms with E-state index in [2.05, 4.69) is 20.6 Å². The highest BCUT2D eigenvalue weighted by Gasteiger charge is 2.28. The molecule has 10 heteroatoms. The predicted octanol–water partition coefficient (Wildman–Crippen LogP) is 2.38. The Morgan fingerprint density at radius 1 is 0.921 bits per heavy atom. The maximum absolute atomic E-state index is 13.3. The normalized spacial score (nSPS) is 12.8. The summed E-state index contributed by atoms with van der Waals surface area (Å²) in [5.41, 5.74) is 7.49. The molecule has 2 heterocycles. The van der Waals surface area contributed by atoms with Crippen LogP contribution in [0.2, 0.25) is 0 Å². The van der Waals surface area contributed by atoms with Crippen LogP contribution in [0.3, 0.4) is 0 Å². The Balaban J connectivity index is 1.55. The molecular formula is C28H31N5O5. The molecule has 0 spiro atoms. The van der Waals surface area contributed by atoms with Crippen LogP contribution < -0.4 is 26.7 Å². The molecule has 0 saturated carbocycles. The second kappa shape index (κ2) is 11.2. The van der Waals surface area contributed by atoms with E-state index in [9.17, 15) is 19.2 Å². The van der Waals surface area contributed by atoms with Gasteiger partial charge in [-0.15, -0.1) is 0 Å². The molecule has 6 N–H and O–H groups in total. The van der Waals surface area contributed by atoms with Crippen LogP contribution in [0.25, 0.3) is 21.8 Å². The van der Waals surface area contributed by atoms with Crippen molar-refractivity contribution < 1.29 is 19.1 Å². The summed E-state index contributed by atoms with van der Waals surface area (Å²) in [6.07, 6.45) is 0.357. The first-order valence-corrected chi connectivity index (χ1v) is 12.3. The summed E-state index contributed by atoms with van der Waals surface area (Å²) in [5.74, 6) is -1.08. The van der Waals surface area contributed by atoms with Gasteiger partial charge in [0.25, 0.3) is 5.91 Å². The number of carbonyl (C=O) groups is 3. The zero-order valence-corrected chi connectivity index (χ0v) is 21.5. The molecule has 0 fully saturated rings. The van der Waals surface area contributed by atoms with Crippen molar-refractivity contribution in [2.75, 3.05) is 7.11 Å². The molecule has 2 aromatic heterocycles. The summed E-state index contributed by atoms with van der Waals surface area (Å²) in [6.45, 7) is 3.85. The van der Waals surface area contributed by atoms with Crippen molar-refractivity contribution in [2.24, 2.45) is 11.7 Å². The van der Waals surface area contributed by atoms with E-state index in [1.165, 1.54) is 6.07 Å². The van der Waals surface area contributed by atoms with Crippen LogP contribution in [0, 0.1) is 5.92 Å². The number of hydrogen-bond acceptors (Lipinski definition) is 5. The van der Waals surface area contributed by atoms with Gasteiger partial charge in [-0.25, -0.2) is 0 Å². The molecule has 38 heavy (non-hydrogen) atoms. The van der Waals surface area contributed by atoms with E-state index in [0.717, 1.165) is 16.3 Å². The smallest absolute Gasteiger partial charge is 0.268 e. The third-order valence-corrected chi connectivity index (χ3v) is 6.34. The lowest BCUT2D eigenvalue weighted by Crippen LogP contribution is -2.54. The minimum atomic E-state index is -1.09. The zero-order chi connectivity index (χ0) is 27.4. The number of H-pyrrole nitrogens is 2. The average Bonchev–Trinajstić information content (AvgIpc) is 3.32. The number of fused-ring (bicyclic) bond motifs is 2. The highest BCUT2D eigenvalue weighted by molar-refractivity contribution is 6.01. The van der Waals surface area contributed by atoms with E-state index in [1.807, 2.05) is 38.1 Å². The number of nitrogens with one attached hydrogen (secondary N) is 4. The quantitative estimate of drug-likeness (QED) is 0.218. The number of amides is 3. The minimum absolute atomic E-state index is 0.0235. The van der Waals surface area contributed by atoms with Gasteiger partial charge in [0.15, 0.2) is 0 Å². The molecule has 0 aliphatic rings. The molecule has 0 radical (unpaired) electrons. The Kier molecular flexibility index (Phi) is 7.80. The molecule has 2 atom stereocenters. The van der Waals surface area contributed by atoms with E-state index < -0.39 is 29.8 Å². The second-order valence-electron chi connectivity index (χ2n) is 9.63. The van der Waals surface area contributed by atoms with Gasteiger partial charge < -0.3 is 31.1 Å². The van der Waals surface area contributed by atoms with Crippen LogP contribution in [-0.4, -0.2) is 46.9 Å². The summed E-state index contributed by atoms with van der Waals surface area (Å²) >= 11 is 0. The maximum Gasteiger partial charge on any atom is 0.268 e. The van der Waals surface area contributed by atoms with Crippen molar-refractivity contribution >= 4 is 39.5 Å². The summed E-state index contributed by atoms with van der Waals surface area (Å²) in [7, 11) is 1.55. The van der Waals surface area contributed by atoms with E-state index in [-0.39, 0.29) is 23.6 Å². The van der Waals surface area contributed by atoms with Gasteiger partial charge >= 0.3 is 0 Å². The average molecular weight is 518 g/mol. The van der Waals surface area contributed by atoms with Gasteiger partial charge in [-0.05, 0) is 42.2 Å². The molecule has 0 saturated heterocycles. The maximum atomic E-state index is 13.3. The Labute approximate surface area is 218 Å². The molecule has 3 amide bonds. The first-order valence-electron chi connectivity index (χ1n) is 12.3. The number of primary amides is 1. The lowest BCUT2D eigenvalue weighted by Gasteiger charge is -2.23. The Morgan fingerprint density at radius 2 is 1.63 bits per heavy atom. The van der Waals surface area contributed by atoms with Gasteiger partial charge in [0.1, 0.15) is 23.5 Å². The molecular weight excluding hydrogens is 486 g/mol. The number of aromatic nitrogens is 2. The largest absolute Gasteiger partial charge is 0.496 e. The molecule has 0 bridgehead atoms. The molecule has 0 aliphatic carbocycles. The third kappa shape index (κ3) is 5.86. The van der Waals surface area contributed by atoms with Crippen molar-refractivity contribution in [3.05, 3.63) is 76.2 Å². The van der Waals surface area contributed by atoms with Crippen LogP contribution in [0.15, 0.2) is 59.4 Å². The first-order chi connectivity index (χ1) is 18.2. The van der Waals surface area contributed by atoms with Gasteiger partial charge in [-0.3, -0.25) is 19.2 Å². The SMILES string of the molecule is COc1cccc2[nH]c(C(=O)NC(CC(C)C)C(=O)NC(Cc3cc(=O)[nH]c4ccccc34)C(N)=O)cc12. The van der Waals surface area contributed by atoms with E-state index in [4.69, 9.17) is 10.5 Å². The zero-order valence-electron chi connectivity index (χ0n) is 21.5. The number of benzene rings is 2. The van der Waals surface area contributed by atoms with Crippen molar-refractivity contribution in [3.8, 4) is 5.75 Å². The minimum Gasteiger partial charge on any atom is -0.496 e. The monoisotopic (exact) mass is 517 g/mol. The highest BCUT2D eigenvalue weighted by Crippen LogP contribution is 2.26. The molecule has 0 aliphatic heterocycles. The second-order valence-corrected chi connectivity index (χ2v) is 9.63. The van der Waals surface area contributed by atoms with Crippen molar-refractivity contribution in [1.82, 2.24) is 20.6 Å². The van der Waals surface area contributed by atoms with Crippen LogP contribution in [0.4, 0.5) is 0 Å². The Bertz CT molecular complexity index is 1550. The van der Waals surface area contributed by atoms with Crippen molar-refractivity contribution in [2.45, 2.75) is 38.8 Å². The third-order valence-electron chi connectivity index (χ3n) is 6.34. The van der Waals surface area contributed by atoms with E-state index in [1.54, 1.807) is 31.4 Å². The number of hydrogen-bond donors (Lipinski definition) is 5. The van der Waals surface area contributed by atoms with Crippen LogP contribution >= 0.6 is 0 Å². The molecule has 4 rings (SSSR count). The van der Waals surface area contributed by atoms with Gasteiger partial charge in [-0.2, -0.15) is 0 Å². The summed E-state index contributed by atoms with van der Waals surface area (Å²) in [5, 5.41) is 6.95. The molecule has 4 aromatic rings. The fourth-order valence-electron chi connectivity index (χ4n) is 4.53. The van der Waals surface area contributed by atoms with Crippen LogP contribution in [0.5, 0.6) is 5.75 Å². The fraction of sp³-hybridized carbons (Fsp3) is 0.286. The predicted molar refractivity (Wildman–Crippen MR) is 145 cm³/mol. The van der Waals surface area contributed by atoms with Crippen LogP contribution in [-0.2, 0) is 16.0 Å². The van der Waals surface area contributed by atoms with Gasteiger partial charge in [-0.1, -0.05) is 38.1 Å². The van der Waals surface area contributed by atoms with E-state index in [0.29, 0.717) is 23.3 Å². The highest BCUT2D eigenvalue weighted by atomic mass is 16.5. The summed E-state index contributed by atoms with van der Waals surface area (Å²) in [6, 6.07) is 13.6. The lowest BCUT2D eigenvalue weighted by atomic mass is 9.99. The van der Waals surface area contributed by atoms with Gasteiger partial charge in [0.05, 0.1) is 7.11 Å². The molecule has 2 unspecified atom stereocenters. The van der Waals surface area contributed by atoms with E-state index >= 15 is 0 Å². The number of nitrogens with two attached hydrogens (primary N) is 1. The topological polar surface area (TPSA) is 159 Å². The Hall–Kier alpha value is -4.60. The number of aromatic amines is 2. The lowest BCUT2D eigenvalue weighted by molar-refractivity contribution is -0.128. The molecule has 10 nitrogen and oxygen atoms in total. The number of para-hydroxylation sites is 1. The van der Waals surface area contributed by atoms with Crippen molar-refractivity contribution in [1.29, 1.82) is 0 Å². The molecule has 2 aromatic carbocycles. The number of pyridine rings is 1. The number of ether oxygens (including phenoxy) is 1. The number of rotatable bonds is 10. The van der Waals surface area contributed by atoms with Crippen LogP contribution in [0.1, 0.15) is 36.3 Å². The van der Waals surface area contributed by atoms with Gasteiger partial charge in [0, 0.05) is 34.3 Å². The standard InChI is InChI=1S/C28H31N5O5/c1-15(2)11-22(33-28(37)23-14-18-20(30-23)9-6-10-24(18)38-3)27(36)32-21(26(29)35)12-16-13-25(34)31-19-8-5-4-7-17(16)19/h4-10,13-15,21-22,30H,11-12H2,1-3H3,(H2,29,35)(H,31,34)(H,32,36)(H,33,37). The van der Waals surface area contributed by atoms with Gasteiger partial charge in [0.2, 0.25) is 17.4 Å². The first kappa shape index (κ1) is 26.5. The fourth-order valence-corrected chi connectivity index (χ4v) is 4.53. The summed E-state index contributed by atoms with van der Waals surface area (Å²) < 4.78 is 5.36. The van der Waals surface area contributed by atoms with Crippen molar-refractivity contribution in [3.63, 3.8) is 0 Å². The number of carbonyl (C=O) groups excluding carboxylic acids is 3.